The van der Waals surface area contributed by atoms with Gasteiger partial charge >= 0.3 is 0 Å². The molecule has 92 valence electrons. The predicted molar refractivity (Wildman–Crippen MR) is 74.6 cm³/mol. The summed E-state index contributed by atoms with van der Waals surface area (Å²) < 4.78 is 13.6. The summed E-state index contributed by atoms with van der Waals surface area (Å²) >= 11 is 4.83. The van der Waals surface area contributed by atoms with Crippen molar-refractivity contribution in [3.63, 3.8) is 0 Å². The first-order valence-corrected chi connectivity index (χ1v) is 5.74. The minimum Gasteiger partial charge on any atom is -0.388 e. The lowest BCUT2D eigenvalue weighted by Gasteiger charge is -2.19. The Hall–Kier alpha value is -2.01. The highest BCUT2D eigenvalue weighted by molar-refractivity contribution is 7.80. The normalized spacial score (nSPS) is 10.1. The van der Waals surface area contributed by atoms with Gasteiger partial charge < -0.3 is 10.6 Å². The van der Waals surface area contributed by atoms with E-state index in [1.54, 1.807) is 48.5 Å². The van der Waals surface area contributed by atoms with Crippen molar-refractivity contribution in [2.45, 2.75) is 0 Å². The fraction of sp³-hybridized carbons (Fsp3) is 0.0769. The molecule has 0 amide bonds. The van der Waals surface area contributed by atoms with Gasteiger partial charge in [0.25, 0.3) is 0 Å². The van der Waals surface area contributed by atoms with Crippen molar-refractivity contribution in [1.82, 2.24) is 4.98 Å². The second-order valence-electron chi connectivity index (χ2n) is 3.78. The first kappa shape index (κ1) is 12.4. The molecule has 18 heavy (non-hydrogen) atoms. The van der Waals surface area contributed by atoms with Gasteiger partial charge in [0.15, 0.2) is 0 Å². The van der Waals surface area contributed by atoms with Gasteiger partial charge in [0.1, 0.15) is 10.8 Å². The number of nitrogens with zero attached hydrogens (tertiary/aromatic N) is 2. The number of thiocarbonyl (C=S) groups is 1. The maximum atomic E-state index is 13.6. The zero-order valence-corrected chi connectivity index (χ0v) is 10.6. The van der Waals surface area contributed by atoms with E-state index in [9.17, 15) is 4.39 Å². The number of halogens is 1. The largest absolute Gasteiger partial charge is 0.388 e. The molecule has 2 N–H and O–H groups in total. The molecule has 0 aliphatic heterocycles. The van der Waals surface area contributed by atoms with Crippen molar-refractivity contribution >= 4 is 28.6 Å². The van der Waals surface area contributed by atoms with E-state index in [1.807, 2.05) is 0 Å². The second-order valence-corrected chi connectivity index (χ2v) is 4.22. The number of anilines is 2. The molecular formula is C13H12FN3S. The standard InChI is InChI=1S/C13H12FN3S/c1-17(12-5-3-2-4-10(12)14)9-6-7-11(13(15)18)16-8-9/h2-8H,1H3,(H2,15,18). The molecule has 0 saturated heterocycles. The van der Waals surface area contributed by atoms with Crippen LogP contribution in [-0.2, 0) is 0 Å². The third-order valence-corrected chi connectivity index (χ3v) is 2.81. The highest BCUT2D eigenvalue weighted by atomic mass is 32.1. The van der Waals surface area contributed by atoms with Crippen LogP contribution in [0.2, 0.25) is 0 Å². The van der Waals surface area contributed by atoms with E-state index in [-0.39, 0.29) is 10.8 Å². The molecule has 0 aliphatic rings. The molecule has 0 atom stereocenters. The second kappa shape index (κ2) is 5.10. The summed E-state index contributed by atoms with van der Waals surface area (Å²) in [6.07, 6.45) is 1.61. The van der Waals surface area contributed by atoms with E-state index in [2.05, 4.69) is 4.98 Å². The van der Waals surface area contributed by atoms with Gasteiger partial charge in [-0.3, -0.25) is 4.98 Å². The average molecular weight is 261 g/mol. The van der Waals surface area contributed by atoms with Gasteiger partial charge in [-0.05, 0) is 24.3 Å². The average Bonchev–Trinajstić information content (AvgIpc) is 2.38. The molecular weight excluding hydrogens is 249 g/mol. The van der Waals surface area contributed by atoms with E-state index < -0.39 is 0 Å². The Morgan fingerprint density at radius 3 is 2.56 bits per heavy atom. The van der Waals surface area contributed by atoms with Crippen molar-refractivity contribution in [1.29, 1.82) is 0 Å². The van der Waals surface area contributed by atoms with Crippen LogP contribution in [0, 0.1) is 5.82 Å². The molecule has 3 nitrogen and oxygen atoms in total. The Morgan fingerprint density at radius 2 is 2.00 bits per heavy atom. The fourth-order valence-electron chi connectivity index (χ4n) is 1.59. The first-order chi connectivity index (χ1) is 8.59. The van der Waals surface area contributed by atoms with E-state index in [4.69, 9.17) is 18.0 Å². The third-order valence-electron chi connectivity index (χ3n) is 2.60. The number of pyridine rings is 1. The van der Waals surface area contributed by atoms with Gasteiger partial charge in [-0.1, -0.05) is 24.4 Å². The lowest BCUT2D eigenvalue weighted by molar-refractivity contribution is 0.627. The third kappa shape index (κ3) is 2.46. The number of para-hydroxylation sites is 1. The lowest BCUT2D eigenvalue weighted by Crippen LogP contribution is -2.14. The number of rotatable bonds is 3. The smallest absolute Gasteiger partial charge is 0.146 e. The van der Waals surface area contributed by atoms with Gasteiger partial charge in [-0.2, -0.15) is 0 Å². The number of benzene rings is 1. The van der Waals surface area contributed by atoms with Crippen molar-refractivity contribution < 1.29 is 4.39 Å². The van der Waals surface area contributed by atoms with E-state index in [0.29, 0.717) is 11.4 Å². The molecule has 2 aromatic rings. The maximum Gasteiger partial charge on any atom is 0.146 e. The Balaban J connectivity index is 2.32. The Kier molecular flexibility index (Phi) is 3.53. The zero-order valence-electron chi connectivity index (χ0n) is 9.80. The zero-order chi connectivity index (χ0) is 13.1. The molecule has 0 aliphatic carbocycles. The predicted octanol–water partition coefficient (Wildman–Crippen LogP) is 2.62. The van der Waals surface area contributed by atoms with Gasteiger partial charge in [0.2, 0.25) is 0 Å². The highest BCUT2D eigenvalue weighted by Gasteiger charge is 2.09. The summed E-state index contributed by atoms with van der Waals surface area (Å²) in [5, 5.41) is 0. The van der Waals surface area contributed by atoms with Crippen LogP contribution in [-0.4, -0.2) is 17.0 Å². The van der Waals surface area contributed by atoms with Crippen molar-refractivity contribution in [3.8, 4) is 0 Å². The summed E-state index contributed by atoms with van der Waals surface area (Å²) in [7, 11) is 1.77. The maximum absolute atomic E-state index is 13.6. The molecule has 0 spiro atoms. The van der Waals surface area contributed by atoms with Gasteiger partial charge in [-0.15, -0.1) is 0 Å². The summed E-state index contributed by atoms with van der Waals surface area (Å²) in [6.45, 7) is 0. The number of hydrogen-bond donors (Lipinski definition) is 1. The van der Waals surface area contributed by atoms with Crippen molar-refractivity contribution in [3.05, 3.63) is 54.1 Å². The quantitative estimate of drug-likeness (QED) is 0.862. The van der Waals surface area contributed by atoms with Crippen LogP contribution < -0.4 is 10.6 Å². The minimum absolute atomic E-state index is 0.245. The topological polar surface area (TPSA) is 42.1 Å². The Labute approximate surface area is 110 Å². The number of hydrogen-bond acceptors (Lipinski definition) is 3. The summed E-state index contributed by atoms with van der Waals surface area (Å²) in [5.74, 6) is -0.279. The Morgan fingerprint density at radius 1 is 1.28 bits per heavy atom. The number of nitrogens with two attached hydrogens (primary N) is 1. The molecule has 0 unspecified atom stereocenters. The van der Waals surface area contributed by atoms with Crippen LogP contribution >= 0.6 is 12.2 Å². The van der Waals surface area contributed by atoms with Crippen LogP contribution in [0.25, 0.3) is 0 Å². The summed E-state index contributed by atoms with van der Waals surface area (Å²) in [4.78, 5) is 6.08. The molecule has 2 rings (SSSR count). The van der Waals surface area contributed by atoms with Crippen LogP contribution in [0.15, 0.2) is 42.6 Å². The molecule has 5 heteroatoms. The van der Waals surface area contributed by atoms with Gasteiger partial charge in [-0.25, -0.2) is 4.39 Å². The van der Waals surface area contributed by atoms with Gasteiger partial charge in [0, 0.05) is 7.05 Å². The molecule has 0 radical (unpaired) electrons. The Bertz CT molecular complexity index is 569. The molecule has 1 aromatic heterocycles. The SMILES string of the molecule is CN(c1ccc(C(N)=S)nc1)c1ccccc1F. The van der Waals surface area contributed by atoms with Crippen molar-refractivity contribution in [2.24, 2.45) is 5.73 Å². The monoisotopic (exact) mass is 261 g/mol. The van der Waals surface area contributed by atoms with Crippen LogP contribution in [0.4, 0.5) is 15.8 Å². The van der Waals surface area contributed by atoms with E-state index in [1.165, 1.54) is 6.07 Å². The minimum atomic E-state index is -0.279. The van der Waals surface area contributed by atoms with E-state index >= 15 is 0 Å². The molecule has 0 saturated carbocycles. The molecule has 1 heterocycles. The summed E-state index contributed by atoms with van der Waals surface area (Å²) in [5.41, 5.74) is 7.27. The van der Waals surface area contributed by atoms with Crippen LogP contribution in [0.5, 0.6) is 0 Å². The van der Waals surface area contributed by atoms with Gasteiger partial charge in [0.05, 0.1) is 23.3 Å². The number of aromatic nitrogens is 1. The van der Waals surface area contributed by atoms with Crippen molar-refractivity contribution in [2.75, 3.05) is 11.9 Å². The molecule has 0 bridgehead atoms. The lowest BCUT2D eigenvalue weighted by atomic mass is 10.2. The van der Waals surface area contributed by atoms with Crippen LogP contribution in [0.3, 0.4) is 0 Å². The molecule has 1 aromatic carbocycles. The van der Waals surface area contributed by atoms with Crippen LogP contribution in [0.1, 0.15) is 5.69 Å². The highest BCUT2D eigenvalue weighted by Crippen LogP contribution is 2.25. The van der Waals surface area contributed by atoms with E-state index in [0.717, 1.165) is 5.69 Å². The summed E-state index contributed by atoms with van der Waals surface area (Å²) in [6, 6.07) is 10.1. The first-order valence-electron chi connectivity index (χ1n) is 5.33. The fourth-order valence-corrected chi connectivity index (χ4v) is 1.71. The molecule has 0 fully saturated rings.